The zero-order chi connectivity index (χ0) is 18.8. The van der Waals surface area contributed by atoms with Gasteiger partial charge < -0.3 is 10.6 Å². The zero-order valence-electron chi connectivity index (χ0n) is 15.9. The fraction of sp³-hybridized carbons (Fsp3) is 0.333. The summed E-state index contributed by atoms with van der Waals surface area (Å²) in [5.74, 6) is 1.28. The second-order valence-corrected chi connectivity index (χ2v) is 6.95. The summed E-state index contributed by atoms with van der Waals surface area (Å²) in [6.07, 6.45) is 2.11. The summed E-state index contributed by atoms with van der Waals surface area (Å²) in [6.45, 7) is 6.59. The highest BCUT2D eigenvalue weighted by Crippen LogP contribution is 2.26. The fourth-order valence-corrected chi connectivity index (χ4v) is 3.78. The van der Waals surface area contributed by atoms with Crippen molar-refractivity contribution in [3.8, 4) is 0 Å². The van der Waals surface area contributed by atoms with Crippen LogP contribution in [0.3, 0.4) is 0 Å². The van der Waals surface area contributed by atoms with Gasteiger partial charge in [0.25, 0.3) is 5.96 Å². The smallest absolute Gasteiger partial charge is 0.365 e. The van der Waals surface area contributed by atoms with Gasteiger partial charge in [-0.15, -0.1) is 0 Å². The van der Waals surface area contributed by atoms with E-state index < -0.39 is 0 Å². The lowest BCUT2D eigenvalue weighted by Gasteiger charge is -2.24. The summed E-state index contributed by atoms with van der Waals surface area (Å²) < 4.78 is 2.16. The molecule has 6 nitrogen and oxygen atoms in total. The van der Waals surface area contributed by atoms with Crippen LogP contribution in [0.1, 0.15) is 38.4 Å². The molecule has 3 aromatic rings. The molecule has 0 saturated carbocycles. The van der Waals surface area contributed by atoms with Crippen LogP contribution in [0.2, 0.25) is 0 Å². The van der Waals surface area contributed by atoms with Crippen molar-refractivity contribution in [2.45, 2.75) is 32.9 Å². The van der Waals surface area contributed by atoms with Crippen LogP contribution in [0.4, 0.5) is 11.6 Å². The van der Waals surface area contributed by atoms with E-state index >= 15 is 0 Å². The Morgan fingerprint density at radius 3 is 2.44 bits per heavy atom. The van der Waals surface area contributed by atoms with E-state index in [1.165, 1.54) is 5.69 Å². The molecule has 0 saturated heterocycles. The molecule has 0 fully saturated rings. The SMILES string of the molecule is CCCN(CCC)c1ccc([C@H]2N=C(N)Nc3[nH]c4ccccc4[n+]32)cc1. The standard InChI is InChI=1S/C21H26N6/c1-3-13-26(14-4-2)16-11-9-15(10-12-16)19-24-20(22)25-21-23-17-7-5-6-8-18(17)27(19)21/h5-12,19H,3-4,13-14H2,1-2H3,(H3,22,23,24,25)/p+1/t19-/m0/s1. The molecule has 6 heteroatoms. The number of nitrogens with zero attached hydrogens (tertiary/aromatic N) is 3. The number of nitrogens with one attached hydrogen (secondary N) is 2. The lowest BCUT2D eigenvalue weighted by Crippen LogP contribution is -2.48. The van der Waals surface area contributed by atoms with E-state index in [1.807, 2.05) is 12.1 Å². The Hall–Kier alpha value is -3.02. The topological polar surface area (TPSA) is 73.3 Å². The summed E-state index contributed by atoms with van der Waals surface area (Å²) in [7, 11) is 0. The minimum Gasteiger partial charge on any atom is -0.372 e. The Bertz CT molecular complexity index is 950. The molecule has 1 aliphatic rings. The van der Waals surface area contributed by atoms with Gasteiger partial charge in [0.05, 0.1) is 0 Å². The number of nitrogens with two attached hydrogens (primary N) is 1. The number of benzene rings is 2. The number of hydrogen-bond donors (Lipinski definition) is 3. The molecule has 0 bridgehead atoms. The van der Waals surface area contributed by atoms with Crippen molar-refractivity contribution in [3.63, 3.8) is 0 Å². The van der Waals surface area contributed by atoms with Crippen LogP contribution in [0, 0.1) is 0 Å². The number of fused-ring (bicyclic) bond motifs is 3. The van der Waals surface area contributed by atoms with Crippen LogP contribution in [0.25, 0.3) is 11.0 Å². The molecular formula is C21H27N6+. The minimum absolute atomic E-state index is 0.183. The monoisotopic (exact) mass is 363 g/mol. The summed E-state index contributed by atoms with van der Waals surface area (Å²) in [4.78, 5) is 10.5. The second kappa shape index (κ2) is 7.31. The number of hydrogen-bond acceptors (Lipinski definition) is 4. The average molecular weight is 363 g/mol. The first-order chi connectivity index (χ1) is 13.2. The summed E-state index contributed by atoms with van der Waals surface area (Å²) in [5, 5.41) is 3.14. The van der Waals surface area contributed by atoms with Crippen molar-refractivity contribution < 1.29 is 4.57 Å². The number of aromatic amines is 1. The predicted molar refractivity (Wildman–Crippen MR) is 111 cm³/mol. The number of guanidine groups is 1. The molecule has 27 heavy (non-hydrogen) atoms. The van der Waals surface area contributed by atoms with Crippen LogP contribution in [0.15, 0.2) is 53.5 Å². The van der Waals surface area contributed by atoms with Gasteiger partial charge in [0, 0.05) is 24.3 Å². The van der Waals surface area contributed by atoms with Gasteiger partial charge in [-0.25, -0.2) is 14.9 Å². The third-order valence-electron chi connectivity index (χ3n) is 4.95. The van der Waals surface area contributed by atoms with Crippen LogP contribution in [-0.4, -0.2) is 24.0 Å². The zero-order valence-corrected chi connectivity index (χ0v) is 15.9. The van der Waals surface area contributed by atoms with Gasteiger partial charge in [0.1, 0.15) is 11.0 Å². The number of rotatable bonds is 6. The van der Waals surface area contributed by atoms with Gasteiger partial charge in [-0.2, -0.15) is 4.99 Å². The quantitative estimate of drug-likeness (QED) is 0.588. The maximum absolute atomic E-state index is 6.05. The largest absolute Gasteiger partial charge is 0.372 e. The number of aromatic nitrogens is 2. The Morgan fingerprint density at radius 1 is 1.04 bits per heavy atom. The van der Waals surface area contributed by atoms with E-state index in [4.69, 9.17) is 5.73 Å². The van der Waals surface area contributed by atoms with Crippen molar-refractivity contribution in [2.75, 3.05) is 23.3 Å². The van der Waals surface area contributed by atoms with E-state index in [9.17, 15) is 0 Å². The number of H-pyrrole nitrogens is 1. The molecule has 140 valence electrons. The molecule has 4 N–H and O–H groups in total. The fourth-order valence-electron chi connectivity index (χ4n) is 3.78. The normalized spacial score (nSPS) is 15.9. The van der Waals surface area contributed by atoms with E-state index in [0.29, 0.717) is 5.96 Å². The molecule has 4 rings (SSSR count). The molecule has 1 aliphatic heterocycles. The van der Waals surface area contributed by atoms with Crippen molar-refractivity contribution in [3.05, 3.63) is 54.1 Å². The van der Waals surface area contributed by atoms with Gasteiger partial charge in [-0.3, -0.25) is 0 Å². The highest BCUT2D eigenvalue weighted by Gasteiger charge is 2.30. The van der Waals surface area contributed by atoms with Gasteiger partial charge >= 0.3 is 5.95 Å². The maximum atomic E-state index is 6.05. The Labute approximate surface area is 159 Å². The van der Waals surface area contributed by atoms with E-state index in [2.05, 4.69) is 75.0 Å². The van der Waals surface area contributed by atoms with Crippen molar-refractivity contribution in [1.29, 1.82) is 0 Å². The summed E-state index contributed by atoms with van der Waals surface area (Å²) in [5.41, 5.74) is 10.6. The van der Waals surface area contributed by atoms with E-state index in [1.54, 1.807) is 0 Å². The highest BCUT2D eigenvalue weighted by atomic mass is 15.4. The van der Waals surface area contributed by atoms with E-state index in [0.717, 1.165) is 48.5 Å². The Balaban J connectivity index is 1.72. The first-order valence-corrected chi connectivity index (χ1v) is 9.68. The summed E-state index contributed by atoms with van der Waals surface area (Å²) in [6, 6.07) is 16.9. The number of anilines is 2. The molecule has 1 aromatic heterocycles. The van der Waals surface area contributed by atoms with Crippen molar-refractivity contribution in [1.82, 2.24) is 4.98 Å². The molecule has 1 atom stereocenters. The summed E-state index contributed by atoms with van der Waals surface area (Å²) >= 11 is 0. The first kappa shape index (κ1) is 17.4. The molecule has 2 heterocycles. The van der Waals surface area contributed by atoms with Gasteiger partial charge in [0.2, 0.25) is 6.17 Å². The lowest BCUT2D eigenvalue weighted by molar-refractivity contribution is -0.674. The van der Waals surface area contributed by atoms with E-state index in [-0.39, 0.29) is 6.17 Å². The van der Waals surface area contributed by atoms with Crippen molar-refractivity contribution in [2.24, 2.45) is 10.7 Å². The van der Waals surface area contributed by atoms with Crippen molar-refractivity contribution >= 4 is 28.6 Å². The van der Waals surface area contributed by atoms with Crippen LogP contribution < -0.4 is 20.5 Å². The predicted octanol–water partition coefficient (Wildman–Crippen LogP) is 3.37. The molecule has 0 unspecified atom stereocenters. The molecular weight excluding hydrogens is 336 g/mol. The van der Waals surface area contributed by atoms with Crippen LogP contribution in [0.5, 0.6) is 0 Å². The molecule has 0 radical (unpaired) electrons. The Morgan fingerprint density at radius 2 is 1.74 bits per heavy atom. The highest BCUT2D eigenvalue weighted by molar-refractivity contribution is 5.92. The molecule has 0 amide bonds. The first-order valence-electron chi connectivity index (χ1n) is 9.68. The lowest BCUT2D eigenvalue weighted by atomic mass is 10.1. The molecule has 0 aliphatic carbocycles. The number of para-hydroxylation sites is 2. The van der Waals surface area contributed by atoms with Gasteiger partial charge in [0.15, 0.2) is 0 Å². The molecule has 0 spiro atoms. The minimum atomic E-state index is -0.183. The van der Waals surface area contributed by atoms with Crippen LogP contribution >= 0.6 is 0 Å². The number of imidazole rings is 1. The van der Waals surface area contributed by atoms with Gasteiger partial charge in [-0.05, 0) is 37.1 Å². The third-order valence-corrected chi connectivity index (χ3v) is 4.95. The van der Waals surface area contributed by atoms with Crippen LogP contribution in [-0.2, 0) is 0 Å². The van der Waals surface area contributed by atoms with Gasteiger partial charge in [-0.1, -0.05) is 38.1 Å². The Kier molecular flexibility index (Phi) is 4.71. The molecule has 2 aromatic carbocycles. The maximum Gasteiger partial charge on any atom is 0.365 e. The third kappa shape index (κ3) is 3.23. The number of aliphatic imine (C=N–C) groups is 1. The second-order valence-electron chi connectivity index (χ2n) is 6.95. The average Bonchev–Trinajstić information content (AvgIpc) is 3.05.